The Balaban J connectivity index is 4.91. The van der Waals surface area contributed by atoms with Gasteiger partial charge in [0.25, 0.3) is 10.2 Å². The van der Waals surface area contributed by atoms with Gasteiger partial charge in [0.1, 0.15) is 6.54 Å². The third-order valence-electron chi connectivity index (χ3n) is 2.52. The first-order valence-corrected chi connectivity index (χ1v) is 7.73. The second-order valence-electron chi connectivity index (χ2n) is 4.10. The van der Waals surface area contributed by atoms with Crippen LogP contribution in [0.15, 0.2) is 0 Å². The molecule has 10 heteroatoms. The maximum Gasteiger partial charge on any atom is 0.321 e. The van der Waals surface area contributed by atoms with E-state index in [0.29, 0.717) is 0 Å². The SMILES string of the molecule is CCOC(=O)CN(CCOC)S(=O)(=O)N(C)CCC(=O)O. The lowest BCUT2D eigenvalue weighted by molar-refractivity contribution is -0.143. The van der Waals surface area contributed by atoms with Crippen molar-refractivity contribution in [3.63, 3.8) is 0 Å². The van der Waals surface area contributed by atoms with E-state index in [1.165, 1.54) is 14.2 Å². The van der Waals surface area contributed by atoms with Crippen LogP contribution in [-0.2, 0) is 29.3 Å². The zero-order chi connectivity index (χ0) is 16.5. The number of methoxy groups -OCH3 is 1. The van der Waals surface area contributed by atoms with Gasteiger partial charge in [-0.2, -0.15) is 17.0 Å². The Morgan fingerprint density at radius 3 is 2.33 bits per heavy atom. The molecule has 0 unspecified atom stereocenters. The van der Waals surface area contributed by atoms with E-state index in [1.54, 1.807) is 6.92 Å². The molecule has 0 bridgehead atoms. The summed E-state index contributed by atoms with van der Waals surface area (Å²) in [6.07, 6.45) is -0.326. The van der Waals surface area contributed by atoms with Crippen molar-refractivity contribution in [2.24, 2.45) is 0 Å². The third-order valence-corrected chi connectivity index (χ3v) is 4.45. The van der Waals surface area contributed by atoms with Gasteiger partial charge < -0.3 is 14.6 Å². The first kappa shape index (κ1) is 19.8. The summed E-state index contributed by atoms with van der Waals surface area (Å²) in [6, 6.07) is 0. The molecule has 1 N–H and O–H groups in total. The summed E-state index contributed by atoms with van der Waals surface area (Å²) in [5.41, 5.74) is 0. The molecule has 0 heterocycles. The second kappa shape index (κ2) is 9.66. The molecule has 124 valence electrons. The van der Waals surface area contributed by atoms with Crippen molar-refractivity contribution >= 4 is 22.1 Å². The number of aliphatic carboxylic acids is 1. The largest absolute Gasteiger partial charge is 0.481 e. The quantitative estimate of drug-likeness (QED) is 0.492. The van der Waals surface area contributed by atoms with E-state index in [4.69, 9.17) is 14.6 Å². The van der Waals surface area contributed by atoms with Gasteiger partial charge in [0, 0.05) is 27.2 Å². The molecule has 0 aromatic rings. The predicted octanol–water partition coefficient (Wildman–Crippen LogP) is -0.851. The first-order valence-electron chi connectivity index (χ1n) is 6.33. The molecule has 0 fully saturated rings. The van der Waals surface area contributed by atoms with Crippen molar-refractivity contribution in [1.29, 1.82) is 0 Å². The van der Waals surface area contributed by atoms with E-state index in [9.17, 15) is 18.0 Å². The zero-order valence-corrected chi connectivity index (χ0v) is 13.3. The van der Waals surface area contributed by atoms with Crippen LogP contribution >= 0.6 is 0 Å². The topological polar surface area (TPSA) is 113 Å². The number of ether oxygens (including phenoxy) is 2. The number of nitrogens with zero attached hydrogens (tertiary/aromatic N) is 2. The molecular formula is C11H22N2O7S. The highest BCUT2D eigenvalue weighted by Gasteiger charge is 2.29. The van der Waals surface area contributed by atoms with Gasteiger partial charge in [0.15, 0.2) is 0 Å². The van der Waals surface area contributed by atoms with Crippen LogP contribution in [-0.4, -0.2) is 81.1 Å². The maximum absolute atomic E-state index is 12.3. The second-order valence-corrected chi connectivity index (χ2v) is 6.14. The highest BCUT2D eigenvalue weighted by atomic mass is 32.2. The van der Waals surface area contributed by atoms with Crippen molar-refractivity contribution in [2.75, 3.05) is 47.0 Å². The summed E-state index contributed by atoms with van der Waals surface area (Å²) in [5.74, 6) is -1.78. The fraction of sp³-hybridized carbons (Fsp3) is 0.818. The molecule has 9 nitrogen and oxygen atoms in total. The molecule has 0 saturated carbocycles. The Kier molecular flexibility index (Phi) is 9.09. The van der Waals surface area contributed by atoms with Crippen molar-refractivity contribution < 1.29 is 32.6 Å². The molecule has 0 atom stereocenters. The van der Waals surface area contributed by atoms with Gasteiger partial charge in [-0.3, -0.25) is 9.59 Å². The summed E-state index contributed by atoms with van der Waals surface area (Å²) < 4.78 is 35.9. The standard InChI is InChI=1S/C11H22N2O7S/c1-4-20-11(16)9-13(7-8-19-3)21(17,18)12(2)6-5-10(14)15/h4-9H2,1-3H3,(H,14,15). The van der Waals surface area contributed by atoms with E-state index >= 15 is 0 Å². The summed E-state index contributed by atoms with van der Waals surface area (Å²) in [4.78, 5) is 22.0. The highest BCUT2D eigenvalue weighted by molar-refractivity contribution is 7.86. The van der Waals surface area contributed by atoms with Gasteiger partial charge in [-0.25, -0.2) is 0 Å². The number of carboxylic acid groups (broad SMARTS) is 1. The van der Waals surface area contributed by atoms with Crippen LogP contribution in [0.25, 0.3) is 0 Å². The van der Waals surface area contributed by atoms with Crippen LogP contribution in [0.2, 0.25) is 0 Å². The Labute approximate surface area is 124 Å². The van der Waals surface area contributed by atoms with Gasteiger partial charge in [0.2, 0.25) is 0 Å². The molecule has 0 amide bonds. The van der Waals surface area contributed by atoms with E-state index in [-0.39, 0.29) is 32.7 Å². The van der Waals surface area contributed by atoms with Gasteiger partial charge in [0.05, 0.1) is 19.6 Å². The molecule has 0 aromatic heterocycles. The number of carboxylic acids is 1. The molecule has 0 aromatic carbocycles. The van der Waals surface area contributed by atoms with Crippen LogP contribution in [0.1, 0.15) is 13.3 Å². The van der Waals surface area contributed by atoms with Crippen molar-refractivity contribution in [3.05, 3.63) is 0 Å². The predicted molar refractivity (Wildman–Crippen MR) is 73.9 cm³/mol. The van der Waals surface area contributed by atoms with Crippen molar-refractivity contribution in [1.82, 2.24) is 8.61 Å². The summed E-state index contributed by atoms with van der Waals surface area (Å²) in [6.45, 7) is 1.19. The molecule has 0 aliphatic heterocycles. The minimum atomic E-state index is -3.96. The van der Waals surface area contributed by atoms with Crippen LogP contribution in [0.3, 0.4) is 0 Å². The molecule has 0 saturated heterocycles. The molecule has 0 radical (unpaired) electrons. The average Bonchev–Trinajstić information content (AvgIpc) is 2.40. The Morgan fingerprint density at radius 1 is 1.24 bits per heavy atom. The third kappa shape index (κ3) is 7.37. The average molecular weight is 326 g/mol. The van der Waals surface area contributed by atoms with Crippen LogP contribution in [0.5, 0.6) is 0 Å². The van der Waals surface area contributed by atoms with E-state index in [2.05, 4.69) is 0 Å². The van der Waals surface area contributed by atoms with Crippen LogP contribution in [0, 0.1) is 0 Å². The summed E-state index contributed by atoms with van der Waals surface area (Å²) in [5, 5.41) is 8.59. The lowest BCUT2D eigenvalue weighted by atomic mass is 10.4. The minimum Gasteiger partial charge on any atom is -0.481 e. The van der Waals surface area contributed by atoms with Gasteiger partial charge >= 0.3 is 11.9 Å². The fourth-order valence-electron chi connectivity index (χ4n) is 1.39. The lowest BCUT2D eigenvalue weighted by Crippen LogP contribution is -2.46. The zero-order valence-electron chi connectivity index (χ0n) is 12.4. The molecule has 0 aliphatic carbocycles. The fourth-order valence-corrected chi connectivity index (χ4v) is 2.68. The first-order chi connectivity index (χ1) is 9.75. The monoisotopic (exact) mass is 326 g/mol. The van der Waals surface area contributed by atoms with Gasteiger partial charge in [-0.15, -0.1) is 0 Å². The van der Waals surface area contributed by atoms with Crippen molar-refractivity contribution in [3.8, 4) is 0 Å². The smallest absolute Gasteiger partial charge is 0.321 e. The lowest BCUT2D eigenvalue weighted by Gasteiger charge is -2.26. The van der Waals surface area contributed by atoms with Gasteiger partial charge in [-0.05, 0) is 6.92 Å². The Morgan fingerprint density at radius 2 is 1.86 bits per heavy atom. The molecule has 0 spiro atoms. The molecule has 0 rings (SSSR count). The molecule has 0 aliphatic rings. The van der Waals surface area contributed by atoms with Crippen molar-refractivity contribution in [2.45, 2.75) is 13.3 Å². The van der Waals surface area contributed by atoms with E-state index in [1.807, 2.05) is 0 Å². The maximum atomic E-state index is 12.3. The Hall–Kier alpha value is -1.23. The highest BCUT2D eigenvalue weighted by Crippen LogP contribution is 2.07. The van der Waals surface area contributed by atoms with E-state index in [0.717, 1.165) is 8.61 Å². The number of esters is 1. The van der Waals surface area contributed by atoms with Crippen LogP contribution < -0.4 is 0 Å². The van der Waals surface area contributed by atoms with Crippen LogP contribution in [0.4, 0.5) is 0 Å². The molecule has 21 heavy (non-hydrogen) atoms. The number of carbonyl (C=O) groups is 2. The number of rotatable bonds is 11. The van der Waals surface area contributed by atoms with E-state index < -0.39 is 28.7 Å². The minimum absolute atomic E-state index is 0.0327. The normalized spacial score (nSPS) is 11.9. The number of hydrogen-bond acceptors (Lipinski definition) is 6. The van der Waals surface area contributed by atoms with Gasteiger partial charge in [-0.1, -0.05) is 0 Å². The summed E-state index contributed by atoms with van der Waals surface area (Å²) in [7, 11) is -1.30. The number of carbonyl (C=O) groups excluding carboxylic acids is 1. The molecular weight excluding hydrogens is 304 g/mol. The number of hydrogen-bond donors (Lipinski definition) is 1. The Bertz CT molecular complexity index is 438. The summed E-state index contributed by atoms with van der Waals surface area (Å²) >= 11 is 0.